The van der Waals surface area contributed by atoms with Gasteiger partial charge in [-0.3, -0.25) is 4.79 Å². The molecule has 0 aliphatic carbocycles. The lowest BCUT2D eigenvalue weighted by Gasteiger charge is -2.11. The zero-order valence-corrected chi connectivity index (χ0v) is 15.3. The molecule has 7 heteroatoms. The van der Waals surface area contributed by atoms with Gasteiger partial charge in [-0.1, -0.05) is 39.3 Å². The number of ether oxygens (including phenoxy) is 1. The van der Waals surface area contributed by atoms with E-state index < -0.39 is 0 Å². The molecule has 0 radical (unpaired) electrons. The number of hydrogen-bond donors (Lipinski definition) is 1. The highest BCUT2D eigenvalue weighted by Crippen LogP contribution is 2.23. The molecule has 0 aliphatic rings. The van der Waals surface area contributed by atoms with Crippen LogP contribution in [0.25, 0.3) is 0 Å². The van der Waals surface area contributed by atoms with Crippen LogP contribution in [-0.4, -0.2) is 16.0 Å². The number of benzene rings is 2. The summed E-state index contributed by atoms with van der Waals surface area (Å²) >= 11 is 3.46. The van der Waals surface area contributed by atoms with Crippen LogP contribution in [0, 0.1) is 13.8 Å². The van der Waals surface area contributed by atoms with Crippen molar-refractivity contribution in [3.63, 3.8) is 0 Å². The molecule has 3 aromatic rings. The monoisotopic (exact) mass is 401 g/mol. The average molecular weight is 402 g/mol. The molecule has 25 heavy (non-hydrogen) atoms. The van der Waals surface area contributed by atoms with E-state index >= 15 is 0 Å². The van der Waals surface area contributed by atoms with E-state index in [2.05, 4.69) is 31.4 Å². The lowest BCUT2D eigenvalue weighted by Crippen LogP contribution is -2.14. The Bertz CT molecular complexity index is 908. The largest absolute Gasteiger partial charge is 0.485 e. The standard InChI is InChI=1S/C18H16BrN3O3/c1-11-7-8-13(9-15(11)19)21-18(23)14-5-3-4-6-16(14)24-10-17-20-12(2)25-22-17/h3-9H,10H2,1-2H3,(H,21,23). The predicted molar refractivity (Wildman–Crippen MR) is 96.6 cm³/mol. The topological polar surface area (TPSA) is 77.2 Å². The SMILES string of the molecule is Cc1nc(COc2ccccc2C(=O)Nc2ccc(C)c(Br)c2)no1. The predicted octanol–water partition coefficient (Wildman–Crippen LogP) is 4.28. The van der Waals surface area contributed by atoms with Gasteiger partial charge in [0.1, 0.15) is 5.75 Å². The summed E-state index contributed by atoms with van der Waals surface area (Å²) in [6, 6.07) is 12.7. The third kappa shape index (κ3) is 4.24. The van der Waals surface area contributed by atoms with Gasteiger partial charge in [-0.2, -0.15) is 4.98 Å². The van der Waals surface area contributed by atoms with Gasteiger partial charge in [0.15, 0.2) is 6.61 Å². The van der Waals surface area contributed by atoms with Gasteiger partial charge in [0, 0.05) is 17.1 Å². The second kappa shape index (κ2) is 7.48. The highest BCUT2D eigenvalue weighted by Gasteiger charge is 2.14. The summed E-state index contributed by atoms with van der Waals surface area (Å²) in [7, 11) is 0. The Kier molecular flexibility index (Phi) is 5.14. The number of nitrogens with one attached hydrogen (secondary N) is 1. The maximum absolute atomic E-state index is 12.6. The molecule has 1 aromatic heterocycles. The van der Waals surface area contributed by atoms with Crippen LogP contribution in [0.2, 0.25) is 0 Å². The van der Waals surface area contributed by atoms with Crippen molar-refractivity contribution in [3.8, 4) is 5.75 Å². The van der Waals surface area contributed by atoms with Crippen LogP contribution in [0.15, 0.2) is 51.5 Å². The van der Waals surface area contributed by atoms with Crippen molar-refractivity contribution < 1.29 is 14.1 Å². The Balaban J connectivity index is 1.74. The number of amides is 1. The number of aromatic nitrogens is 2. The molecule has 0 bridgehead atoms. The summed E-state index contributed by atoms with van der Waals surface area (Å²) in [5.41, 5.74) is 2.22. The molecular weight excluding hydrogens is 386 g/mol. The molecule has 6 nitrogen and oxygen atoms in total. The van der Waals surface area contributed by atoms with Crippen molar-refractivity contribution in [1.82, 2.24) is 10.1 Å². The highest BCUT2D eigenvalue weighted by molar-refractivity contribution is 9.10. The van der Waals surface area contributed by atoms with Crippen molar-refractivity contribution in [2.75, 3.05) is 5.32 Å². The minimum atomic E-state index is -0.254. The molecule has 0 aliphatic heterocycles. The number of halogens is 1. The second-order valence-corrected chi connectivity index (χ2v) is 6.29. The van der Waals surface area contributed by atoms with E-state index in [0.717, 1.165) is 10.0 Å². The first kappa shape index (κ1) is 17.2. The Morgan fingerprint density at radius 2 is 2.04 bits per heavy atom. The summed E-state index contributed by atoms with van der Waals surface area (Å²) < 4.78 is 11.5. The smallest absolute Gasteiger partial charge is 0.259 e. The van der Waals surface area contributed by atoms with Gasteiger partial charge in [-0.25, -0.2) is 0 Å². The van der Waals surface area contributed by atoms with Crippen LogP contribution in [0.1, 0.15) is 27.6 Å². The molecule has 0 saturated heterocycles. The van der Waals surface area contributed by atoms with Gasteiger partial charge < -0.3 is 14.6 Å². The number of anilines is 1. The van der Waals surface area contributed by atoms with Crippen molar-refractivity contribution in [3.05, 3.63) is 69.8 Å². The first-order valence-electron chi connectivity index (χ1n) is 7.61. The fraction of sp³-hybridized carbons (Fsp3) is 0.167. The zero-order chi connectivity index (χ0) is 17.8. The fourth-order valence-corrected chi connectivity index (χ4v) is 2.57. The normalized spacial score (nSPS) is 10.5. The molecule has 0 fully saturated rings. The van der Waals surface area contributed by atoms with Crippen LogP contribution in [0.4, 0.5) is 5.69 Å². The molecule has 2 aromatic carbocycles. The molecule has 1 amide bonds. The highest BCUT2D eigenvalue weighted by atomic mass is 79.9. The molecule has 1 heterocycles. The minimum absolute atomic E-state index is 0.123. The molecule has 0 unspecified atom stereocenters. The van der Waals surface area contributed by atoms with Crippen LogP contribution in [0.5, 0.6) is 5.75 Å². The summed E-state index contributed by atoms with van der Waals surface area (Å²) in [5.74, 6) is 1.09. The van der Waals surface area contributed by atoms with Gasteiger partial charge in [-0.05, 0) is 36.8 Å². The van der Waals surface area contributed by atoms with E-state index in [1.807, 2.05) is 25.1 Å². The first-order chi connectivity index (χ1) is 12.0. The molecule has 128 valence electrons. The molecule has 0 spiro atoms. The van der Waals surface area contributed by atoms with Gasteiger partial charge in [0.2, 0.25) is 11.7 Å². The maximum Gasteiger partial charge on any atom is 0.259 e. The Hall–Kier alpha value is -2.67. The Morgan fingerprint density at radius 1 is 1.24 bits per heavy atom. The van der Waals surface area contributed by atoms with Crippen LogP contribution in [-0.2, 0) is 6.61 Å². The number of aryl methyl sites for hydroxylation is 2. The van der Waals surface area contributed by atoms with E-state index in [-0.39, 0.29) is 12.5 Å². The number of hydrogen-bond acceptors (Lipinski definition) is 5. The average Bonchev–Trinajstić information content (AvgIpc) is 3.02. The van der Waals surface area contributed by atoms with Crippen LogP contribution >= 0.6 is 15.9 Å². The van der Waals surface area contributed by atoms with Crippen molar-refractivity contribution >= 4 is 27.5 Å². The van der Waals surface area contributed by atoms with Gasteiger partial charge in [-0.15, -0.1) is 0 Å². The summed E-state index contributed by atoms with van der Waals surface area (Å²) in [6.07, 6.45) is 0. The Morgan fingerprint density at radius 3 is 2.76 bits per heavy atom. The first-order valence-corrected chi connectivity index (χ1v) is 8.41. The van der Waals surface area contributed by atoms with Crippen molar-refractivity contribution in [2.24, 2.45) is 0 Å². The quantitative estimate of drug-likeness (QED) is 0.690. The van der Waals surface area contributed by atoms with Gasteiger partial charge >= 0.3 is 0 Å². The minimum Gasteiger partial charge on any atom is -0.485 e. The number of carbonyl (C=O) groups is 1. The number of nitrogens with zero attached hydrogens (tertiary/aromatic N) is 2. The van der Waals surface area contributed by atoms with Gasteiger partial charge in [0.25, 0.3) is 5.91 Å². The van der Waals surface area contributed by atoms with Crippen molar-refractivity contribution in [1.29, 1.82) is 0 Å². The third-order valence-electron chi connectivity index (χ3n) is 3.49. The van der Waals surface area contributed by atoms with E-state index in [1.165, 1.54) is 0 Å². The van der Waals surface area contributed by atoms with Crippen molar-refractivity contribution in [2.45, 2.75) is 20.5 Å². The molecular formula is C18H16BrN3O3. The van der Waals surface area contributed by atoms with Gasteiger partial charge in [0.05, 0.1) is 5.56 Å². The summed E-state index contributed by atoms with van der Waals surface area (Å²) in [4.78, 5) is 16.7. The van der Waals surface area contributed by atoms with Crippen LogP contribution < -0.4 is 10.1 Å². The zero-order valence-electron chi connectivity index (χ0n) is 13.7. The Labute approximate surface area is 153 Å². The van der Waals surface area contributed by atoms with E-state index in [4.69, 9.17) is 9.26 Å². The molecule has 0 atom stereocenters. The maximum atomic E-state index is 12.6. The lowest BCUT2D eigenvalue weighted by molar-refractivity contribution is 0.102. The second-order valence-electron chi connectivity index (χ2n) is 5.43. The number of carbonyl (C=O) groups excluding carboxylic acids is 1. The number of para-hydroxylation sites is 1. The van der Waals surface area contributed by atoms with E-state index in [9.17, 15) is 4.79 Å². The molecule has 1 N–H and O–H groups in total. The summed E-state index contributed by atoms with van der Waals surface area (Å²) in [5, 5.41) is 6.64. The van der Waals surface area contributed by atoms with E-state index in [1.54, 1.807) is 31.2 Å². The fourth-order valence-electron chi connectivity index (χ4n) is 2.19. The van der Waals surface area contributed by atoms with Crippen LogP contribution in [0.3, 0.4) is 0 Å². The van der Waals surface area contributed by atoms with E-state index in [0.29, 0.717) is 28.7 Å². The molecule has 3 rings (SSSR count). The third-order valence-corrected chi connectivity index (χ3v) is 4.34. The molecule has 0 saturated carbocycles. The lowest BCUT2D eigenvalue weighted by atomic mass is 10.1. The number of rotatable bonds is 5. The summed E-state index contributed by atoms with van der Waals surface area (Å²) in [6.45, 7) is 3.81.